The van der Waals surface area contributed by atoms with Crippen LogP contribution in [-0.4, -0.2) is 51.7 Å². The number of piperazine rings is 1. The van der Waals surface area contributed by atoms with Gasteiger partial charge in [0.1, 0.15) is 12.4 Å². The van der Waals surface area contributed by atoms with Gasteiger partial charge in [0, 0.05) is 57.1 Å². The van der Waals surface area contributed by atoms with Crippen LogP contribution in [0.5, 0.6) is 5.75 Å². The number of benzene rings is 1. The molecular weight excluding hydrogens is 408 g/mol. The van der Waals surface area contributed by atoms with Crippen LogP contribution in [-0.2, 0) is 20.2 Å². The predicted molar refractivity (Wildman–Crippen MR) is 124 cm³/mol. The molecule has 0 bridgehead atoms. The largest absolute Gasteiger partial charge is 0.489 e. The summed E-state index contributed by atoms with van der Waals surface area (Å²) in [7, 11) is 1.95. The summed E-state index contributed by atoms with van der Waals surface area (Å²) in [5, 5.41) is 6.45. The maximum Gasteiger partial charge on any atom is 0.264 e. The SMILES string of the molecule is Cc1cc(C)cc(OCc2csc(C(=O)N3CCN(Cc4cn(C)nc4C)CC3)c2)c1. The van der Waals surface area contributed by atoms with Crippen molar-refractivity contribution in [2.75, 3.05) is 26.2 Å². The van der Waals surface area contributed by atoms with Crippen molar-refractivity contribution in [1.82, 2.24) is 19.6 Å². The molecule has 1 aliphatic rings. The van der Waals surface area contributed by atoms with Gasteiger partial charge in [-0.1, -0.05) is 6.07 Å². The van der Waals surface area contributed by atoms with Crippen molar-refractivity contribution in [2.45, 2.75) is 33.9 Å². The fourth-order valence-corrected chi connectivity index (χ4v) is 4.92. The molecule has 3 aromatic rings. The third kappa shape index (κ3) is 5.35. The minimum absolute atomic E-state index is 0.125. The summed E-state index contributed by atoms with van der Waals surface area (Å²) in [6, 6.07) is 8.18. The fraction of sp³-hybridized carbons (Fsp3) is 0.417. The van der Waals surface area contributed by atoms with Crippen molar-refractivity contribution in [2.24, 2.45) is 7.05 Å². The number of nitrogens with zero attached hydrogens (tertiary/aromatic N) is 4. The number of ether oxygens (including phenoxy) is 1. The van der Waals surface area contributed by atoms with E-state index in [0.717, 1.165) is 54.6 Å². The number of carbonyl (C=O) groups is 1. The van der Waals surface area contributed by atoms with Gasteiger partial charge in [0.15, 0.2) is 0 Å². The average Bonchev–Trinajstić information content (AvgIpc) is 3.32. The van der Waals surface area contributed by atoms with E-state index in [2.05, 4.69) is 36.1 Å². The average molecular weight is 439 g/mol. The first-order valence-electron chi connectivity index (χ1n) is 10.7. The van der Waals surface area contributed by atoms with Gasteiger partial charge in [-0.3, -0.25) is 14.4 Å². The van der Waals surface area contributed by atoms with Crippen LogP contribution < -0.4 is 4.74 Å². The molecule has 0 saturated carbocycles. The maximum absolute atomic E-state index is 13.0. The van der Waals surface area contributed by atoms with Crippen LogP contribution in [0.3, 0.4) is 0 Å². The van der Waals surface area contributed by atoms with Crippen molar-refractivity contribution in [3.05, 3.63) is 68.7 Å². The number of carbonyl (C=O) groups excluding carboxylic acids is 1. The molecule has 0 unspecified atom stereocenters. The summed E-state index contributed by atoms with van der Waals surface area (Å²) in [4.78, 5) is 18.1. The summed E-state index contributed by atoms with van der Waals surface area (Å²) in [6.45, 7) is 10.8. The van der Waals surface area contributed by atoms with Crippen LogP contribution in [0, 0.1) is 20.8 Å². The Balaban J connectivity index is 1.29. The Labute approximate surface area is 188 Å². The van der Waals surface area contributed by atoms with E-state index in [0.29, 0.717) is 6.61 Å². The van der Waals surface area contributed by atoms with Crippen molar-refractivity contribution < 1.29 is 9.53 Å². The van der Waals surface area contributed by atoms with Gasteiger partial charge in [0.25, 0.3) is 5.91 Å². The van der Waals surface area contributed by atoms with Gasteiger partial charge < -0.3 is 9.64 Å². The number of aryl methyl sites for hydroxylation is 4. The first kappa shape index (κ1) is 21.6. The zero-order valence-corrected chi connectivity index (χ0v) is 19.5. The molecule has 0 radical (unpaired) electrons. The summed E-state index contributed by atoms with van der Waals surface area (Å²) < 4.78 is 7.81. The Bertz CT molecular complexity index is 1040. The third-order valence-electron chi connectivity index (χ3n) is 5.63. The quantitative estimate of drug-likeness (QED) is 0.585. The Morgan fingerprint density at radius 3 is 2.42 bits per heavy atom. The van der Waals surface area contributed by atoms with Gasteiger partial charge in [-0.15, -0.1) is 11.3 Å². The molecule has 0 N–H and O–H groups in total. The van der Waals surface area contributed by atoms with E-state index < -0.39 is 0 Å². The second kappa shape index (κ2) is 9.24. The van der Waals surface area contributed by atoms with E-state index in [1.807, 2.05) is 47.1 Å². The smallest absolute Gasteiger partial charge is 0.264 e. The third-order valence-corrected chi connectivity index (χ3v) is 6.60. The molecule has 3 heterocycles. The highest BCUT2D eigenvalue weighted by Crippen LogP contribution is 2.22. The molecule has 1 aromatic carbocycles. The molecule has 2 aromatic heterocycles. The number of aromatic nitrogens is 2. The molecule has 7 heteroatoms. The van der Waals surface area contributed by atoms with E-state index in [4.69, 9.17) is 4.74 Å². The summed E-state index contributed by atoms with van der Waals surface area (Å²) in [5.74, 6) is 0.997. The molecule has 4 rings (SSSR count). The standard InChI is InChI=1S/C24H30N4O2S/c1-17-9-18(2)11-22(10-17)30-15-20-12-23(31-16-20)24(29)28-7-5-27(6-8-28)14-21-13-26(4)25-19(21)3/h9-13,16H,5-8,14-15H2,1-4H3. The normalized spacial score (nSPS) is 14.8. The lowest BCUT2D eigenvalue weighted by Gasteiger charge is -2.34. The Kier molecular flexibility index (Phi) is 6.43. The summed E-state index contributed by atoms with van der Waals surface area (Å²) in [6.07, 6.45) is 2.08. The highest BCUT2D eigenvalue weighted by atomic mass is 32.1. The molecule has 0 aliphatic carbocycles. The van der Waals surface area contributed by atoms with E-state index in [1.165, 1.54) is 28.0 Å². The fourth-order valence-electron chi connectivity index (χ4n) is 4.06. The lowest BCUT2D eigenvalue weighted by Crippen LogP contribution is -2.48. The molecule has 1 saturated heterocycles. The number of rotatable bonds is 6. The van der Waals surface area contributed by atoms with Gasteiger partial charge in [0.2, 0.25) is 0 Å². The highest BCUT2D eigenvalue weighted by Gasteiger charge is 2.24. The first-order valence-corrected chi connectivity index (χ1v) is 11.5. The molecule has 31 heavy (non-hydrogen) atoms. The minimum Gasteiger partial charge on any atom is -0.489 e. The highest BCUT2D eigenvalue weighted by molar-refractivity contribution is 7.12. The van der Waals surface area contributed by atoms with Gasteiger partial charge in [-0.05, 0) is 55.5 Å². The molecule has 1 amide bonds. The molecule has 0 atom stereocenters. The minimum atomic E-state index is 0.125. The molecule has 0 spiro atoms. The zero-order valence-electron chi connectivity index (χ0n) is 18.7. The van der Waals surface area contributed by atoms with Crippen molar-refractivity contribution >= 4 is 17.2 Å². The van der Waals surface area contributed by atoms with Crippen LogP contribution in [0.4, 0.5) is 0 Å². The number of amides is 1. The molecule has 1 fully saturated rings. The van der Waals surface area contributed by atoms with Crippen molar-refractivity contribution in [3.63, 3.8) is 0 Å². The summed E-state index contributed by atoms with van der Waals surface area (Å²) in [5.41, 5.74) is 5.75. The Hall–Kier alpha value is -2.64. The van der Waals surface area contributed by atoms with E-state index in [-0.39, 0.29) is 5.91 Å². The van der Waals surface area contributed by atoms with Gasteiger partial charge in [0.05, 0.1) is 10.6 Å². The summed E-state index contributed by atoms with van der Waals surface area (Å²) >= 11 is 1.51. The predicted octanol–water partition coefficient (Wildman–Crippen LogP) is 3.94. The molecule has 6 nitrogen and oxygen atoms in total. The first-order chi connectivity index (χ1) is 14.9. The van der Waals surface area contributed by atoms with Gasteiger partial charge >= 0.3 is 0 Å². The van der Waals surface area contributed by atoms with E-state index in [9.17, 15) is 4.79 Å². The Morgan fingerprint density at radius 1 is 1.06 bits per heavy atom. The molecule has 1 aliphatic heterocycles. The van der Waals surface area contributed by atoms with E-state index >= 15 is 0 Å². The van der Waals surface area contributed by atoms with Crippen LogP contribution in [0.15, 0.2) is 35.8 Å². The van der Waals surface area contributed by atoms with Crippen LogP contribution in [0.1, 0.15) is 37.6 Å². The van der Waals surface area contributed by atoms with Crippen molar-refractivity contribution in [3.8, 4) is 5.75 Å². The van der Waals surface area contributed by atoms with E-state index in [1.54, 1.807) is 0 Å². The lowest BCUT2D eigenvalue weighted by molar-refractivity contribution is 0.0633. The molecule has 164 valence electrons. The molecular formula is C24H30N4O2S. The zero-order chi connectivity index (χ0) is 22.0. The van der Waals surface area contributed by atoms with Crippen LogP contribution in [0.25, 0.3) is 0 Å². The van der Waals surface area contributed by atoms with Crippen LogP contribution >= 0.6 is 11.3 Å². The topological polar surface area (TPSA) is 50.6 Å². The second-order valence-electron chi connectivity index (χ2n) is 8.41. The van der Waals surface area contributed by atoms with Crippen LogP contribution in [0.2, 0.25) is 0 Å². The number of hydrogen-bond acceptors (Lipinski definition) is 5. The number of thiophene rings is 1. The van der Waals surface area contributed by atoms with Gasteiger partial charge in [-0.25, -0.2) is 0 Å². The maximum atomic E-state index is 13.0. The second-order valence-corrected chi connectivity index (χ2v) is 9.32. The van der Waals surface area contributed by atoms with Crippen molar-refractivity contribution in [1.29, 1.82) is 0 Å². The Morgan fingerprint density at radius 2 is 1.77 bits per heavy atom. The monoisotopic (exact) mass is 438 g/mol. The number of hydrogen-bond donors (Lipinski definition) is 0. The lowest BCUT2D eigenvalue weighted by atomic mass is 10.1. The van der Waals surface area contributed by atoms with Gasteiger partial charge in [-0.2, -0.15) is 5.10 Å².